The third kappa shape index (κ3) is 2.25. The van der Waals surface area contributed by atoms with Crippen LogP contribution in [0.5, 0.6) is 0 Å². The summed E-state index contributed by atoms with van der Waals surface area (Å²) in [5.74, 6) is -0.828. The zero-order chi connectivity index (χ0) is 12.4. The first kappa shape index (κ1) is 12.3. The van der Waals surface area contributed by atoms with E-state index < -0.39 is 11.7 Å². The molecule has 0 aromatic heterocycles. The van der Waals surface area contributed by atoms with Crippen LogP contribution in [-0.4, -0.2) is 31.8 Å². The highest BCUT2D eigenvalue weighted by molar-refractivity contribution is 9.10. The van der Waals surface area contributed by atoms with Gasteiger partial charge in [0.25, 0.3) is 11.7 Å². The molecule has 5 heteroatoms. The van der Waals surface area contributed by atoms with Crippen LogP contribution in [0.2, 0.25) is 0 Å². The van der Waals surface area contributed by atoms with Crippen molar-refractivity contribution in [3.05, 3.63) is 28.2 Å². The highest BCUT2D eigenvalue weighted by Gasteiger charge is 2.35. The number of ketones is 1. The number of carbonyl (C=O) groups excluding carboxylic acids is 2. The minimum absolute atomic E-state index is 0.406. The topological polar surface area (TPSA) is 49.4 Å². The van der Waals surface area contributed by atoms with E-state index in [4.69, 9.17) is 0 Å². The third-order valence-electron chi connectivity index (χ3n) is 2.74. The molecule has 4 nitrogen and oxygen atoms in total. The second kappa shape index (κ2) is 4.98. The largest absolute Gasteiger partial charge is 0.320 e. The normalized spacial score (nSPS) is 14.4. The highest BCUT2D eigenvalue weighted by Crippen LogP contribution is 2.31. The Balaban J connectivity index is 2.26. The lowest BCUT2D eigenvalue weighted by atomic mass is 10.1. The number of Topliss-reactive ketones (excluding diaryl/α,β-unsaturated/α-hetero) is 1. The number of anilines is 1. The Morgan fingerprint density at radius 2 is 2.12 bits per heavy atom. The van der Waals surface area contributed by atoms with Crippen LogP contribution < -0.4 is 10.2 Å². The van der Waals surface area contributed by atoms with Crippen LogP contribution in [0, 0.1) is 0 Å². The first-order valence-corrected chi connectivity index (χ1v) is 6.25. The summed E-state index contributed by atoms with van der Waals surface area (Å²) in [7, 11) is 1.86. The van der Waals surface area contributed by atoms with Crippen molar-refractivity contribution in [2.75, 3.05) is 25.0 Å². The van der Waals surface area contributed by atoms with Crippen LogP contribution in [0.4, 0.5) is 5.69 Å². The van der Waals surface area contributed by atoms with Gasteiger partial charge in [-0.05, 0) is 38.2 Å². The average Bonchev–Trinajstić information content (AvgIpc) is 2.54. The fraction of sp³-hybridized carbons (Fsp3) is 0.333. The number of halogens is 1. The van der Waals surface area contributed by atoms with Gasteiger partial charge in [-0.1, -0.05) is 15.9 Å². The van der Waals surface area contributed by atoms with Gasteiger partial charge in [0.15, 0.2) is 0 Å². The van der Waals surface area contributed by atoms with Gasteiger partial charge in [0.2, 0.25) is 0 Å². The second-order valence-electron chi connectivity index (χ2n) is 3.90. The van der Waals surface area contributed by atoms with Gasteiger partial charge in [-0.2, -0.15) is 0 Å². The van der Waals surface area contributed by atoms with Crippen LogP contribution >= 0.6 is 15.9 Å². The van der Waals surface area contributed by atoms with E-state index in [0.29, 0.717) is 17.8 Å². The third-order valence-corrected chi connectivity index (χ3v) is 3.24. The standard InChI is InChI=1S/C12H13BrN2O2/c1-14-5-2-6-15-10-7-8(13)3-4-9(10)11(16)12(15)17/h3-4,7,14H,2,5-6H2,1H3. The fourth-order valence-corrected chi connectivity index (χ4v) is 2.25. The van der Waals surface area contributed by atoms with Crippen LogP contribution in [0.3, 0.4) is 0 Å². The lowest BCUT2D eigenvalue weighted by Gasteiger charge is -2.16. The Kier molecular flexibility index (Phi) is 3.59. The molecule has 1 N–H and O–H groups in total. The molecule has 0 radical (unpaired) electrons. The molecule has 0 aliphatic carbocycles. The predicted molar refractivity (Wildman–Crippen MR) is 69.4 cm³/mol. The SMILES string of the molecule is CNCCCN1C(=O)C(=O)c2ccc(Br)cc21. The highest BCUT2D eigenvalue weighted by atomic mass is 79.9. The zero-order valence-electron chi connectivity index (χ0n) is 9.50. The number of carbonyl (C=O) groups is 2. The van der Waals surface area contributed by atoms with Gasteiger partial charge in [-0.3, -0.25) is 9.59 Å². The van der Waals surface area contributed by atoms with Crippen molar-refractivity contribution in [1.82, 2.24) is 5.32 Å². The lowest BCUT2D eigenvalue weighted by molar-refractivity contribution is -0.114. The van der Waals surface area contributed by atoms with Crippen molar-refractivity contribution in [2.24, 2.45) is 0 Å². The summed E-state index contributed by atoms with van der Waals surface area (Å²) in [6.07, 6.45) is 0.821. The maximum Gasteiger partial charge on any atom is 0.299 e. The molecule has 0 saturated carbocycles. The number of nitrogens with one attached hydrogen (secondary N) is 1. The molecule has 90 valence electrons. The minimum atomic E-state index is -0.422. The monoisotopic (exact) mass is 296 g/mol. The smallest absolute Gasteiger partial charge is 0.299 e. The number of fused-ring (bicyclic) bond motifs is 1. The first-order valence-electron chi connectivity index (χ1n) is 5.45. The molecule has 1 aromatic rings. The van der Waals surface area contributed by atoms with Gasteiger partial charge in [0, 0.05) is 11.0 Å². The van der Waals surface area contributed by atoms with Crippen molar-refractivity contribution in [3.8, 4) is 0 Å². The Hall–Kier alpha value is -1.20. The van der Waals surface area contributed by atoms with E-state index in [0.717, 1.165) is 17.4 Å². The molecule has 1 aromatic carbocycles. The molecule has 1 heterocycles. The van der Waals surface area contributed by atoms with Crippen molar-refractivity contribution in [1.29, 1.82) is 0 Å². The summed E-state index contributed by atoms with van der Waals surface area (Å²) in [5.41, 5.74) is 1.22. The summed E-state index contributed by atoms with van der Waals surface area (Å²) < 4.78 is 0.873. The molecule has 0 saturated heterocycles. The number of hydrogen-bond donors (Lipinski definition) is 1. The van der Waals surface area contributed by atoms with E-state index in [1.807, 2.05) is 13.1 Å². The predicted octanol–water partition coefficient (Wildman–Crippen LogP) is 1.59. The molecule has 0 fully saturated rings. The number of nitrogens with zero attached hydrogens (tertiary/aromatic N) is 1. The van der Waals surface area contributed by atoms with Crippen LogP contribution in [0.1, 0.15) is 16.8 Å². The molecule has 1 aliphatic heterocycles. The fourth-order valence-electron chi connectivity index (χ4n) is 1.90. The number of amides is 1. The van der Waals surface area contributed by atoms with E-state index in [-0.39, 0.29) is 0 Å². The van der Waals surface area contributed by atoms with Crippen molar-refractivity contribution < 1.29 is 9.59 Å². The van der Waals surface area contributed by atoms with E-state index in [9.17, 15) is 9.59 Å². The van der Waals surface area contributed by atoms with Gasteiger partial charge >= 0.3 is 0 Å². The van der Waals surface area contributed by atoms with Crippen LogP contribution in [-0.2, 0) is 4.79 Å². The number of benzene rings is 1. The Morgan fingerprint density at radius 1 is 1.35 bits per heavy atom. The molecular weight excluding hydrogens is 284 g/mol. The molecule has 0 spiro atoms. The second-order valence-corrected chi connectivity index (χ2v) is 4.82. The molecule has 0 atom stereocenters. The molecule has 17 heavy (non-hydrogen) atoms. The Morgan fingerprint density at radius 3 is 2.82 bits per heavy atom. The Bertz CT molecular complexity index is 474. The summed E-state index contributed by atoms with van der Waals surface area (Å²) in [6.45, 7) is 1.39. The van der Waals surface area contributed by atoms with Gasteiger partial charge in [-0.15, -0.1) is 0 Å². The molecule has 1 aliphatic rings. The molecule has 1 amide bonds. The Labute approximate surface area is 108 Å². The summed E-state index contributed by atoms with van der Waals surface area (Å²) in [6, 6.07) is 5.29. The van der Waals surface area contributed by atoms with Crippen molar-refractivity contribution in [3.63, 3.8) is 0 Å². The minimum Gasteiger partial charge on any atom is -0.320 e. The summed E-state index contributed by atoms with van der Waals surface area (Å²) in [4.78, 5) is 25.1. The molecule has 2 rings (SSSR count). The molecule has 0 bridgehead atoms. The molecule has 0 unspecified atom stereocenters. The number of rotatable bonds is 4. The van der Waals surface area contributed by atoms with Crippen molar-refractivity contribution >= 4 is 33.3 Å². The summed E-state index contributed by atoms with van der Waals surface area (Å²) in [5, 5.41) is 3.02. The van der Waals surface area contributed by atoms with Gasteiger partial charge in [-0.25, -0.2) is 0 Å². The van der Waals surface area contributed by atoms with Crippen LogP contribution in [0.15, 0.2) is 22.7 Å². The van der Waals surface area contributed by atoms with Crippen LogP contribution in [0.25, 0.3) is 0 Å². The van der Waals surface area contributed by atoms with E-state index >= 15 is 0 Å². The quantitative estimate of drug-likeness (QED) is 0.678. The lowest BCUT2D eigenvalue weighted by Crippen LogP contribution is -2.32. The number of hydrogen-bond acceptors (Lipinski definition) is 3. The van der Waals surface area contributed by atoms with E-state index in [2.05, 4.69) is 21.2 Å². The maximum absolute atomic E-state index is 11.8. The molecular formula is C12H13BrN2O2. The average molecular weight is 297 g/mol. The summed E-state index contributed by atoms with van der Waals surface area (Å²) >= 11 is 3.35. The van der Waals surface area contributed by atoms with E-state index in [1.54, 1.807) is 17.0 Å². The van der Waals surface area contributed by atoms with Gasteiger partial charge in [0.1, 0.15) is 0 Å². The first-order chi connectivity index (χ1) is 8.15. The zero-order valence-corrected chi connectivity index (χ0v) is 11.1. The van der Waals surface area contributed by atoms with Gasteiger partial charge < -0.3 is 10.2 Å². The van der Waals surface area contributed by atoms with E-state index in [1.165, 1.54) is 0 Å². The van der Waals surface area contributed by atoms with Gasteiger partial charge in [0.05, 0.1) is 11.3 Å². The van der Waals surface area contributed by atoms with Crippen molar-refractivity contribution in [2.45, 2.75) is 6.42 Å². The maximum atomic E-state index is 11.8.